The van der Waals surface area contributed by atoms with Gasteiger partial charge in [0, 0.05) is 24.4 Å². The quantitative estimate of drug-likeness (QED) is 0.529. The second-order valence-electron chi connectivity index (χ2n) is 6.05. The van der Waals surface area contributed by atoms with Crippen LogP contribution in [0.1, 0.15) is 46.0 Å². The predicted molar refractivity (Wildman–Crippen MR) is 105 cm³/mol. The average Bonchev–Trinajstić information content (AvgIpc) is 2.91. The minimum Gasteiger partial charge on any atom is -0.313 e. The van der Waals surface area contributed by atoms with Crippen LogP contribution >= 0.6 is 23.4 Å². The van der Waals surface area contributed by atoms with Crippen molar-refractivity contribution in [2.45, 2.75) is 57.7 Å². The molecule has 0 saturated heterocycles. The maximum Gasteiger partial charge on any atom is 0.329 e. The lowest BCUT2D eigenvalue weighted by Crippen LogP contribution is -2.29. The lowest BCUT2D eigenvalue weighted by molar-refractivity contribution is 0.552. The molecule has 25 heavy (non-hydrogen) atoms. The van der Waals surface area contributed by atoms with E-state index in [1.54, 1.807) is 7.05 Å². The largest absolute Gasteiger partial charge is 0.329 e. The van der Waals surface area contributed by atoms with Crippen LogP contribution in [0.4, 0.5) is 0 Å². The molecule has 0 fully saturated rings. The molecule has 2 heterocycles. The number of fused-ring (bicyclic) bond motifs is 1. The molecule has 6 nitrogen and oxygen atoms in total. The Morgan fingerprint density at radius 2 is 2.00 bits per heavy atom. The summed E-state index contributed by atoms with van der Waals surface area (Å²) in [4.78, 5) is 31.1. The zero-order valence-electron chi connectivity index (χ0n) is 15.0. The Labute approximate surface area is 156 Å². The van der Waals surface area contributed by atoms with E-state index in [1.165, 1.54) is 35.6 Å². The summed E-state index contributed by atoms with van der Waals surface area (Å²) >= 11 is 7.40. The molecule has 0 amide bonds. The van der Waals surface area contributed by atoms with Crippen LogP contribution in [0.5, 0.6) is 0 Å². The van der Waals surface area contributed by atoms with E-state index >= 15 is 0 Å². The third-order valence-electron chi connectivity index (χ3n) is 4.03. The number of hydrogen-bond donors (Lipinski definition) is 1. The van der Waals surface area contributed by atoms with E-state index in [9.17, 15) is 9.59 Å². The summed E-state index contributed by atoms with van der Waals surface area (Å²) < 4.78 is 3.32. The molecule has 0 aliphatic carbocycles. The molecule has 2 aromatic heterocycles. The van der Waals surface area contributed by atoms with Crippen molar-refractivity contribution >= 4 is 34.5 Å². The van der Waals surface area contributed by atoms with Gasteiger partial charge in [0.05, 0.1) is 0 Å². The van der Waals surface area contributed by atoms with E-state index in [0.717, 1.165) is 23.0 Å². The Kier molecular flexibility index (Phi) is 7.38. The molecule has 0 radical (unpaired) electrons. The van der Waals surface area contributed by atoms with Crippen LogP contribution in [-0.4, -0.2) is 24.9 Å². The monoisotopic (exact) mass is 384 g/mol. The van der Waals surface area contributed by atoms with Gasteiger partial charge in [-0.05, 0) is 13.3 Å². The molecule has 2 rings (SSSR count). The van der Waals surface area contributed by atoms with Gasteiger partial charge in [-0.3, -0.25) is 14.3 Å². The van der Waals surface area contributed by atoms with Gasteiger partial charge in [-0.1, -0.05) is 62.0 Å². The third kappa shape index (κ3) is 5.01. The topological polar surface area (TPSA) is 72.7 Å². The van der Waals surface area contributed by atoms with E-state index in [-0.39, 0.29) is 5.56 Å². The number of thioether (sulfide) groups is 1. The van der Waals surface area contributed by atoms with Crippen LogP contribution < -0.4 is 11.2 Å². The number of nitrogens with one attached hydrogen (secondary N) is 1. The van der Waals surface area contributed by atoms with Crippen molar-refractivity contribution in [3.63, 3.8) is 0 Å². The van der Waals surface area contributed by atoms with Crippen molar-refractivity contribution in [2.75, 3.05) is 5.75 Å². The van der Waals surface area contributed by atoms with E-state index in [0.29, 0.717) is 23.5 Å². The predicted octanol–water partition coefficient (Wildman–Crippen LogP) is 3.63. The molecule has 2 aromatic rings. The Morgan fingerprint density at radius 1 is 1.28 bits per heavy atom. The normalized spacial score (nSPS) is 12.2. The highest BCUT2D eigenvalue weighted by atomic mass is 35.5. The summed E-state index contributed by atoms with van der Waals surface area (Å²) in [5.41, 5.74) is 0.0660. The van der Waals surface area contributed by atoms with E-state index in [4.69, 9.17) is 11.6 Å². The maximum atomic E-state index is 12.3. The number of nitrogens with zero attached hydrogens (tertiary/aromatic N) is 3. The second-order valence-corrected chi connectivity index (χ2v) is 7.64. The van der Waals surface area contributed by atoms with Crippen LogP contribution in [0, 0.1) is 0 Å². The van der Waals surface area contributed by atoms with Crippen LogP contribution in [0.15, 0.2) is 25.9 Å². The highest BCUT2D eigenvalue weighted by Gasteiger charge is 2.17. The molecule has 0 aliphatic heterocycles. The minimum atomic E-state index is -0.446. The highest BCUT2D eigenvalue weighted by molar-refractivity contribution is 7.99. The number of unbranched alkanes of at least 4 members (excludes halogenated alkanes) is 4. The zero-order chi connectivity index (χ0) is 18.4. The summed E-state index contributed by atoms with van der Waals surface area (Å²) in [5, 5.41) is 1.46. The van der Waals surface area contributed by atoms with E-state index in [1.807, 2.05) is 17.6 Å². The fourth-order valence-corrected chi connectivity index (χ4v) is 3.78. The van der Waals surface area contributed by atoms with E-state index < -0.39 is 5.69 Å². The lowest BCUT2D eigenvalue weighted by Gasteiger charge is -2.08. The van der Waals surface area contributed by atoms with Gasteiger partial charge in [-0.25, -0.2) is 9.78 Å². The Balaban J connectivity index is 2.35. The second kappa shape index (κ2) is 9.29. The first kappa shape index (κ1) is 19.8. The summed E-state index contributed by atoms with van der Waals surface area (Å²) in [5.74, 6) is 0.667. The Hall–Kier alpha value is -1.47. The van der Waals surface area contributed by atoms with Crippen molar-refractivity contribution < 1.29 is 0 Å². The number of H-pyrrole nitrogens is 1. The Bertz CT molecular complexity index is 862. The fraction of sp³-hybridized carbons (Fsp3) is 0.588. The fourth-order valence-electron chi connectivity index (χ4n) is 2.64. The summed E-state index contributed by atoms with van der Waals surface area (Å²) in [6.45, 7) is 4.73. The van der Waals surface area contributed by atoms with Crippen molar-refractivity contribution in [1.29, 1.82) is 0 Å². The molecule has 1 N–H and O–H groups in total. The van der Waals surface area contributed by atoms with Gasteiger partial charge >= 0.3 is 5.69 Å². The lowest BCUT2D eigenvalue weighted by atomic mass is 10.1. The Morgan fingerprint density at radius 3 is 2.68 bits per heavy atom. The van der Waals surface area contributed by atoms with Gasteiger partial charge < -0.3 is 4.57 Å². The van der Waals surface area contributed by atoms with Gasteiger partial charge in [0.15, 0.2) is 16.3 Å². The van der Waals surface area contributed by atoms with Crippen molar-refractivity contribution in [3.05, 3.63) is 31.9 Å². The molecule has 0 spiro atoms. The zero-order valence-corrected chi connectivity index (χ0v) is 16.5. The van der Waals surface area contributed by atoms with Gasteiger partial charge in [0.25, 0.3) is 5.56 Å². The average molecular weight is 385 g/mol. The van der Waals surface area contributed by atoms with Crippen LogP contribution in [0.25, 0.3) is 11.2 Å². The van der Waals surface area contributed by atoms with E-state index in [2.05, 4.69) is 16.9 Å². The molecule has 138 valence electrons. The first-order valence-electron chi connectivity index (χ1n) is 8.60. The third-order valence-corrected chi connectivity index (χ3v) is 5.09. The van der Waals surface area contributed by atoms with Gasteiger partial charge in [-0.2, -0.15) is 0 Å². The SMILES string of the molecule is CCCCCCCn1c(SC/C=C(\C)Cl)nc2c1c(=O)[nH]c(=O)n2C. The number of aryl methyl sites for hydroxylation is 2. The number of halogens is 1. The number of imidazole rings is 1. The van der Waals surface area contributed by atoms with Crippen molar-refractivity contribution in [2.24, 2.45) is 7.05 Å². The minimum absolute atomic E-state index is 0.380. The summed E-state index contributed by atoms with van der Waals surface area (Å²) in [6, 6.07) is 0. The van der Waals surface area contributed by atoms with Gasteiger partial charge in [-0.15, -0.1) is 0 Å². The standard InChI is InChI=1S/C17H25ClN4O2S/c1-4-5-6-7-8-10-22-13-14(21(3)16(24)20-15(13)23)19-17(22)25-11-9-12(2)18/h9H,4-8,10-11H2,1-3H3,(H,20,23,24)/b12-9+. The molecule has 0 atom stereocenters. The molecular formula is C17H25ClN4O2S. The number of rotatable bonds is 9. The summed E-state index contributed by atoms with van der Waals surface area (Å²) in [6.07, 6.45) is 7.60. The van der Waals surface area contributed by atoms with Gasteiger partial charge in [0.2, 0.25) is 0 Å². The first-order chi connectivity index (χ1) is 12.0. The number of allylic oxidation sites excluding steroid dienone is 1. The number of hydrogen-bond acceptors (Lipinski definition) is 4. The van der Waals surface area contributed by atoms with Crippen LogP contribution in [0.3, 0.4) is 0 Å². The number of aromatic nitrogens is 4. The molecule has 0 aromatic carbocycles. The van der Waals surface area contributed by atoms with Crippen molar-refractivity contribution in [1.82, 2.24) is 19.1 Å². The highest BCUT2D eigenvalue weighted by Crippen LogP contribution is 2.23. The van der Waals surface area contributed by atoms with Crippen molar-refractivity contribution in [3.8, 4) is 0 Å². The molecule has 8 heteroatoms. The molecule has 0 bridgehead atoms. The molecule has 0 aliphatic rings. The molecular weight excluding hydrogens is 360 g/mol. The van der Waals surface area contributed by atoms with Gasteiger partial charge in [0.1, 0.15) is 0 Å². The molecule has 0 unspecified atom stereocenters. The van der Waals surface area contributed by atoms with Crippen LogP contribution in [-0.2, 0) is 13.6 Å². The maximum absolute atomic E-state index is 12.3. The summed E-state index contributed by atoms with van der Waals surface area (Å²) in [7, 11) is 1.62. The first-order valence-corrected chi connectivity index (χ1v) is 9.96. The number of aromatic amines is 1. The smallest absolute Gasteiger partial charge is 0.313 e. The molecule has 0 saturated carbocycles. The van der Waals surface area contributed by atoms with Crippen LogP contribution in [0.2, 0.25) is 0 Å².